The summed E-state index contributed by atoms with van der Waals surface area (Å²) in [6, 6.07) is 6.75. The SMILES string of the molecule is CCCNC(CC(=O)Nc1ccc(C(C)C)cc1)C(=O)O. The fourth-order valence-electron chi connectivity index (χ4n) is 1.91. The van der Waals surface area contributed by atoms with Crippen LogP contribution in [0.5, 0.6) is 0 Å². The first-order valence-corrected chi connectivity index (χ1v) is 7.30. The van der Waals surface area contributed by atoms with E-state index in [-0.39, 0.29) is 12.3 Å². The Morgan fingerprint density at radius 2 is 1.81 bits per heavy atom. The van der Waals surface area contributed by atoms with Gasteiger partial charge in [0, 0.05) is 5.69 Å². The fraction of sp³-hybridized carbons (Fsp3) is 0.500. The Bertz CT molecular complexity index is 469. The number of benzene rings is 1. The molecule has 0 heterocycles. The summed E-state index contributed by atoms with van der Waals surface area (Å²) in [5, 5.41) is 14.6. The Hall–Kier alpha value is -1.88. The zero-order chi connectivity index (χ0) is 15.8. The summed E-state index contributed by atoms with van der Waals surface area (Å²) in [5.41, 5.74) is 1.88. The van der Waals surface area contributed by atoms with Gasteiger partial charge in [-0.2, -0.15) is 0 Å². The van der Waals surface area contributed by atoms with Gasteiger partial charge in [-0.05, 0) is 36.6 Å². The van der Waals surface area contributed by atoms with Gasteiger partial charge >= 0.3 is 5.97 Å². The summed E-state index contributed by atoms with van der Waals surface area (Å²) < 4.78 is 0. The first kappa shape index (κ1) is 17.2. The molecule has 1 amide bonds. The van der Waals surface area contributed by atoms with E-state index in [1.807, 2.05) is 31.2 Å². The lowest BCUT2D eigenvalue weighted by atomic mass is 10.0. The number of rotatable bonds is 8. The quantitative estimate of drug-likeness (QED) is 0.688. The van der Waals surface area contributed by atoms with Crippen LogP contribution in [0, 0.1) is 0 Å². The predicted octanol–water partition coefficient (Wildman–Crippen LogP) is 2.59. The molecular formula is C16H24N2O3. The Kier molecular flexibility index (Phi) is 6.88. The number of carboxylic acid groups (broad SMARTS) is 1. The number of hydrogen-bond acceptors (Lipinski definition) is 3. The molecule has 21 heavy (non-hydrogen) atoms. The Morgan fingerprint density at radius 3 is 2.29 bits per heavy atom. The molecule has 0 saturated heterocycles. The van der Waals surface area contributed by atoms with Gasteiger partial charge in [0.1, 0.15) is 6.04 Å². The monoisotopic (exact) mass is 292 g/mol. The van der Waals surface area contributed by atoms with Crippen molar-refractivity contribution in [3.8, 4) is 0 Å². The Balaban J connectivity index is 2.57. The maximum Gasteiger partial charge on any atom is 0.321 e. The molecule has 1 aromatic rings. The largest absolute Gasteiger partial charge is 0.480 e. The average molecular weight is 292 g/mol. The van der Waals surface area contributed by atoms with Crippen molar-refractivity contribution < 1.29 is 14.7 Å². The lowest BCUT2D eigenvalue weighted by molar-refractivity contribution is -0.141. The molecule has 1 aromatic carbocycles. The van der Waals surface area contributed by atoms with Gasteiger partial charge in [-0.25, -0.2) is 0 Å². The van der Waals surface area contributed by atoms with Crippen LogP contribution in [0.3, 0.4) is 0 Å². The van der Waals surface area contributed by atoms with Crippen molar-refractivity contribution in [1.29, 1.82) is 0 Å². The van der Waals surface area contributed by atoms with Crippen molar-refractivity contribution in [1.82, 2.24) is 5.32 Å². The summed E-state index contributed by atoms with van der Waals surface area (Å²) in [4.78, 5) is 23.0. The van der Waals surface area contributed by atoms with Crippen molar-refractivity contribution >= 4 is 17.6 Å². The van der Waals surface area contributed by atoms with Gasteiger partial charge in [0.05, 0.1) is 6.42 Å². The molecule has 3 N–H and O–H groups in total. The molecule has 1 unspecified atom stereocenters. The van der Waals surface area contributed by atoms with E-state index in [1.54, 1.807) is 0 Å². The van der Waals surface area contributed by atoms with Crippen LogP contribution in [0.4, 0.5) is 5.69 Å². The number of amides is 1. The number of hydrogen-bond donors (Lipinski definition) is 3. The molecule has 0 aromatic heterocycles. The Labute approximate surface area is 125 Å². The number of anilines is 1. The van der Waals surface area contributed by atoms with E-state index in [1.165, 1.54) is 5.56 Å². The molecule has 0 bridgehead atoms. The van der Waals surface area contributed by atoms with E-state index in [0.29, 0.717) is 18.2 Å². The van der Waals surface area contributed by atoms with Crippen molar-refractivity contribution in [3.05, 3.63) is 29.8 Å². The third kappa shape index (κ3) is 5.95. The van der Waals surface area contributed by atoms with Gasteiger partial charge in [-0.3, -0.25) is 9.59 Å². The number of carbonyl (C=O) groups is 2. The highest BCUT2D eigenvalue weighted by atomic mass is 16.4. The molecule has 0 spiro atoms. The summed E-state index contributed by atoms with van der Waals surface area (Å²) in [7, 11) is 0. The topological polar surface area (TPSA) is 78.4 Å². The lowest BCUT2D eigenvalue weighted by Gasteiger charge is -2.14. The molecule has 0 radical (unpaired) electrons. The highest BCUT2D eigenvalue weighted by Crippen LogP contribution is 2.17. The summed E-state index contributed by atoms with van der Waals surface area (Å²) in [5.74, 6) is -0.874. The second kappa shape index (κ2) is 8.42. The molecule has 0 aliphatic carbocycles. The van der Waals surface area contributed by atoms with Gasteiger partial charge < -0.3 is 15.7 Å². The minimum atomic E-state index is -1.01. The number of nitrogens with one attached hydrogen (secondary N) is 2. The first-order valence-electron chi connectivity index (χ1n) is 7.30. The average Bonchev–Trinajstić information content (AvgIpc) is 2.43. The molecule has 1 rings (SSSR count). The number of aliphatic carboxylic acids is 1. The molecular weight excluding hydrogens is 268 g/mol. The van der Waals surface area contributed by atoms with Crippen molar-refractivity contribution in [2.75, 3.05) is 11.9 Å². The maximum atomic E-state index is 11.9. The molecule has 0 saturated carbocycles. The normalized spacial score (nSPS) is 12.2. The summed E-state index contributed by atoms with van der Waals surface area (Å²) in [6.45, 7) is 6.73. The van der Waals surface area contributed by atoms with E-state index >= 15 is 0 Å². The second-order valence-electron chi connectivity index (χ2n) is 5.37. The molecule has 116 valence electrons. The van der Waals surface area contributed by atoms with Crippen LogP contribution in [0.2, 0.25) is 0 Å². The van der Waals surface area contributed by atoms with Gasteiger partial charge in [-0.15, -0.1) is 0 Å². The van der Waals surface area contributed by atoms with Crippen LogP contribution in [-0.4, -0.2) is 29.6 Å². The van der Waals surface area contributed by atoms with Crippen LogP contribution in [0.1, 0.15) is 45.1 Å². The van der Waals surface area contributed by atoms with Crippen molar-refractivity contribution in [3.63, 3.8) is 0 Å². The minimum Gasteiger partial charge on any atom is -0.480 e. The molecule has 1 atom stereocenters. The van der Waals surface area contributed by atoms with Crippen molar-refractivity contribution in [2.45, 2.75) is 45.6 Å². The van der Waals surface area contributed by atoms with Gasteiger partial charge in [0.2, 0.25) is 5.91 Å². The molecule has 0 aliphatic rings. The fourth-order valence-corrected chi connectivity index (χ4v) is 1.91. The predicted molar refractivity (Wildman–Crippen MR) is 83.5 cm³/mol. The second-order valence-corrected chi connectivity index (χ2v) is 5.37. The summed E-state index contributed by atoms with van der Waals surface area (Å²) >= 11 is 0. The van der Waals surface area contributed by atoms with E-state index in [9.17, 15) is 9.59 Å². The Morgan fingerprint density at radius 1 is 1.19 bits per heavy atom. The highest BCUT2D eigenvalue weighted by Gasteiger charge is 2.20. The lowest BCUT2D eigenvalue weighted by Crippen LogP contribution is -2.40. The van der Waals surface area contributed by atoms with E-state index < -0.39 is 12.0 Å². The first-order chi connectivity index (χ1) is 9.93. The molecule has 5 heteroatoms. The van der Waals surface area contributed by atoms with E-state index in [0.717, 1.165) is 6.42 Å². The van der Waals surface area contributed by atoms with E-state index in [4.69, 9.17) is 5.11 Å². The summed E-state index contributed by atoms with van der Waals surface area (Å²) in [6.07, 6.45) is 0.739. The molecule has 5 nitrogen and oxygen atoms in total. The molecule has 0 fully saturated rings. The van der Waals surface area contributed by atoms with E-state index in [2.05, 4.69) is 24.5 Å². The zero-order valence-corrected chi connectivity index (χ0v) is 12.8. The number of carboxylic acids is 1. The maximum absolute atomic E-state index is 11.9. The molecule has 0 aliphatic heterocycles. The van der Waals surface area contributed by atoms with Crippen LogP contribution in [0.25, 0.3) is 0 Å². The zero-order valence-electron chi connectivity index (χ0n) is 12.8. The van der Waals surface area contributed by atoms with Crippen LogP contribution in [-0.2, 0) is 9.59 Å². The minimum absolute atomic E-state index is 0.0821. The standard InChI is InChI=1S/C16H24N2O3/c1-4-9-17-14(16(20)21)10-15(19)18-13-7-5-12(6-8-13)11(2)3/h5-8,11,14,17H,4,9-10H2,1-3H3,(H,18,19)(H,20,21). The van der Waals surface area contributed by atoms with Crippen molar-refractivity contribution in [2.24, 2.45) is 0 Å². The smallest absolute Gasteiger partial charge is 0.321 e. The van der Waals surface area contributed by atoms with Gasteiger partial charge in [-0.1, -0.05) is 32.9 Å². The third-order valence-electron chi connectivity index (χ3n) is 3.19. The third-order valence-corrected chi connectivity index (χ3v) is 3.19. The number of carbonyl (C=O) groups excluding carboxylic acids is 1. The van der Waals surface area contributed by atoms with Crippen LogP contribution >= 0.6 is 0 Å². The van der Waals surface area contributed by atoms with Gasteiger partial charge in [0.15, 0.2) is 0 Å². The van der Waals surface area contributed by atoms with Crippen LogP contribution in [0.15, 0.2) is 24.3 Å². The highest BCUT2D eigenvalue weighted by molar-refractivity contribution is 5.94. The van der Waals surface area contributed by atoms with Crippen LogP contribution < -0.4 is 10.6 Å². The van der Waals surface area contributed by atoms with Gasteiger partial charge in [0.25, 0.3) is 0 Å².